The zero-order valence-electron chi connectivity index (χ0n) is 14.0. The summed E-state index contributed by atoms with van der Waals surface area (Å²) < 4.78 is 1.02. The third-order valence-corrected chi connectivity index (χ3v) is 4.42. The monoisotopic (exact) mass is 390 g/mol. The molecular formula is C19H23BrN2S. The highest BCUT2D eigenvalue weighted by Crippen LogP contribution is 2.24. The number of rotatable bonds is 3. The van der Waals surface area contributed by atoms with Crippen LogP contribution in [0.25, 0.3) is 0 Å². The van der Waals surface area contributed by atoms with Crippen molar-refractivity contribution in [2.75, 3.05) is 5.32 Å². The van der Waals surface area contributed by atoms with E-state index in [2.05, 4.69) is 78.5 Å². The van der Waals surface area contributed by atoms with Crippen molar-refractivity contribution in [2.24, 2.45) is 0 Å². The van der Waals surface area contributed by atoms with Crippen LogP contribution in [-0.4, -0.2) is 5.11 Å². The second-order valence-corrected chi connectivity index (χ2v) is 8.03. The number of halogens is 1. The Labute approximate surface area is 152 Å². The maximum absolute atomic E-state index is 5.40. The molecule has 2 nitrogen and oxygen atoms in total. The minimum atomic E-state index is 0.149. The van der Waals surface area contributed by atoms with Gasteiger partial charge in [-0.2, -0.15) is 0 Å². The van der Waals surface area contributed by atoms with E-state index < -0.39 is 0 Å². The van der Waals surface area contributed by atoms with Crippen molar-refractivity contribution in [2.45, 2.75) is 39.2 Å². The summed E-state index contributed by atoms with van der Waals surface area (Å²) in [5, 5.41) is 7.16. The van der Waals surface area contributed by atoms with Crippen molar-refractivity contribution in [1.82, 2.24) is 5.32 Å². The van der Waals surface area contributed by atoms with Gasteiger partial charge in [-0.25, -0.2) is 0 Å². The number of hydrogen-bond acceptors (Lipinski definition) is 1. The summed E-state index contributed by atoms with van der Waals surface area (Å²) in [7, 11) is 0. The normalized spacial score (nSPS) is 12.6. The molecule has 2 aromatic carbocycles. The van der Waals surface area contributed by atoms with E-state index in [4.69, 9.17) is 12.2 Å². The van der Waals surface area contributed by atoms with Crippen LogP contribution in [0.1, 0.15) is 44.9 Å². The van der Waals surface area contributed by atoms with Crippen LogP contribution in [0.15, 0.2) is 53.0 Å². The molecule has 0 aliphatic heterocycles. The molecule has 0 saturated carbocycles. The van der Waals surface area contributed by atoms with E-state index in [0.29, 0.717) is 5.11 Å². The molecule has 0 amide bonds. The van der Waals surface area contributed by atoms with E-state index in [1.165, 1.54) is 11.1 Å². The van der Waals surface area contributed by atoms with Gasteiger partial charge in [-0.3, -0.25) is 0 Å². The van der Waals surface area contributed by atoms with Crippen molar-refractivity contribution in [3.8, 4) is 0 Å². The summed E-state index contributed by atoms with van der Waals surface area (Å²) in [4.78, 5) is 0. The van der Waals surface area contributed by atoms with Crippen LogP contribution in [0.3, 0.4) is 0 Å². The Bertz CT molecular complexity index is 675. The third kappa shape index (κ3) is 5.33. The lowest BCUT2D eigenvalue weighted by molar-refractivity contribution is 0.589. The van der Waals surface area contributed by atoms with Crippen LogP contribution < -0.4 is 10.6 Å². The van der Waals surface area contributed by atoms with E-state index >= 15 is 0 Å². The van der Waals surface area contributed by atoms with E-state index in [0.717, 1.165) is 10.2 Å². The van der Waals surface area contributed by atoms with Gasteiger partial charge in [0.1, 0.15) is 0 Å². The Morgan fingerprint density at radius 3 is 2.30 bits per heavy atom. The second kappa shape index (κ2) is 7.45. The molecule has 122 valence electrons. The van der Waals surface area contributed by atoms with Gasteiger partial charge in [-0.1, -0.05) is 67.0 Å². The van der Waals surface area contributed by atoms with E-state index in [1.807, 2.05) is 24.3 Å². The third-order valence-electron chi connectivity index (χ3n) is 3.71. The fraction of sp³-hybridized carbons (Fsp3) is 0.316. The average Bonchev–Trinajstić information content (AvgIpc) is 2.46. The first kappa shape index (κ1) is 18.0. The first-order chi connectivity index (χ1) is 10.8. The van der Waals surface area contributed by atoms with Gasteiger partial charge in [0.2, 0.25) is 0 Å². The van der Waals surface area contributed by atoms with Gasteiger partial charge in [-0.05, 0) is 53.9 Å². The van der Waals surface area contributed by atoms with Crippen molar-refractivity contribution >= 4 is 38.9 Å². The van der Waals surface area contributed by atoms with Gasteiger partial charge in [0.05, 0.1) is 6.04 Å². The number of thiocarbonyl (C=S) groups is 1. The zero-order chi connectivity index (χ0) is 17.0. The molecule has 0 radical (unpaired) electrons. The molecule has 1 atom stereocenters. The minimum Gasteiger partial charge on any atom is -0.356 e. The lowest BCUT2D eigenvalue weighted by Gasteiger charge is -2.21. The van der Waals surface area contributed by atoms with E-state index in [9.17, 15) is 0 Å². The van der Waals surface area contributed by atoms with Crippen molar-refractivity contribution < 1.29 is 0 Å². The Morgan fingerprint density at radius 2 is 1.74 bits per heavy atom. The molecule has 0 saturated heterocycles. The highest BCUT2D eigenvalue weighted by atomic mass is 79.9. The molecule has 0 bridgehead atoms. The van der Waals surface area contributed by atoms with Gasteiger partial charge in [0.15, 0.2) is 5.11 Å². The quantitative estimate of drug-likeness (QED) is 0.647. The Kier molecular flexibility index (Phi) is 5.82. The predicted molar refractivity (Wildman–Crippen MR) is 107 cm³/mol. The first-order valence-electron chi connectivity index (χ1n) is 7.69. The average molecular weight is 391 g/mol. The molecular weight excluding hydrogens is 368 g/mol. The molecule has 0 spiro atoms. The largest absolute Gasteiger partial charge is 0.356 e. The van der Waals surface area contributed by atoms with Crippen molar-refractivity contribution in [3.63, 3.8) is 0 Å². The fourth-order valence-corrected chi connectivity index (χ4v) is 2.98. The van der Waals surface area contributed by atoms with Crippen molar-refractivity contribution in [3.05, 3.63) is 64.1 Å². The SMILES string of the molecule is C[C@@H](NC(=S)Nc1cccc(Br)c1)c1ccc(C(C)(C)C)cc1. The molecule has 23 heavy (non-hydrogen) atoms. The Morgan fingerprint density at radius 1 is 1.09 bits per heavy atom. The molecule has 0 unspecified atom stereocenters. The predicted octanol–water partition coefficient (Wildman–Crippen LogP) is 5.79. The minimum absolute atomic E-state index is 0.149. The van der Waals surface area contributed by atoms with Gasteiger partial charge < -0.3 is 10.6 Å². The van der Waals surface area contributed by atoms with E-state index in [-0.39, 0.29) is 11.5 Å². The molecule has 0 aliphatic carbocycles. The van der Waals surface area contributed by atoms with Crippen molar-refractivity contribution in [1.29, 1.82) is 0 Å². The van der Waals surface area contributed by atoms with Gasteiger partial charge in [-0.15, -0.1) is 0 Å². The van der Waals surface area contributed by atoms with Gasteiger partial charge in [0.25, 0.3) is 0 Å². The number of anilines is 1. The Balaban J connectivity index is 1.98. The zero-order valence-corrected chi connectivity index (χ0v) is 16.4. The number of nitrogens with one attached hydrogen (secondary N) is 2. The van der Waals surface area contributed by atoms with Crippen LogP contribution in [0.4, 0.5) is 5.69 Å². The van der Waals surface area contributed by atoms with Crippen LogP contribution in [0.2, 0.25) is 0 Å². The molecule has 4 heteroatoms. The van der Waals surface area contributed by atoms with Gasteiger partial charge >= 0.3 is 0 Å². The summed E-state index contributed by atoms with van der Waals surface area (Å²) in [5.74, 6) is 0. The molecule has 0 aromatic heterocycles. The highest BCUT2D eigenvalue weighted by molar-refractivity contribution is 9.10. The maximum Gasteiger partial charge on any atom is 0.171 e. The summed E-state index contributed by atoms with van der Waals surface area (Å²) in [6, 6.07) is 16.8. The number of hydrogen-bond donors (Lipinski definition) is 2. The first-order valence-corrected chi connectivity index (χ1v) is 8.89. The maximum atomic E-state index is 5.40. The lowest BCUT2D eigenvalue weighted by Crippen LogP contribution is -2.30. The summed E-state index contributed by atoms with van der Waals surface area (Å²) in [6.07, 6.45) is 0. The summed E-state index contributed by atoms with van der Waals surface area (Å²) in [5.41, 5.74) is 3.69. The number of benzene rings is 2. The van der Waals surface area contributed by atoms with Crippen LogP contribution >= 0.6 is 28.1 Å². The molecule has 2 aromatic rings. The summed E-state index contributed by atoms with van der Waals surface area (Å²) in [6.45, 7) is 8.78. The molecule has 0 fully saturated rings. The van der Waals surface area contributed by atoms with Crippen LogP contribution in [0, 0.1) is 0 Å². The molecule has 2 rings (SSSR count). The topological polar surface area (TPSA) is 24.1 Å². The lowest BCUT2D eigenvalue weighted by atomic mass is 9.86. The van der Waals surface area contributed by atoms with Gasteiger partial charge in [0, 0.05) is 10.2 Å². The van der Waals surface area contributed by atoms with E-state index in [1.54, 1.807) is 0 Å². The standard InChI is InChI=1S/C19H23BrN2S/c1-13(14-8-10-15(11-9-14)19(2,3)4)21-18(23)22-17-7-5-6-16(20)12-17/h5-13H,1-4H3,(H2,21,22,23)/t13-/m1/s1. The van der Waals surface area contributed by atoms with Crippen LogP contribution in [-0.2, 0) is 5.41 Å². The second-order valence-electron chi connectivity index (χ2n) is 6.70. The Hall–Kier alpha value is -1.39. The van der Waals surface area contributed by atoms with Crippen LogP contribution in [0.5, 0.6) is 0 Å². The molecule has 0 heterocycles. The highest BCUT2D eigenvalue weighted by Gasteiger charge is 2.14. The smallest absolute Gasteiger partial charge is 0.171 e. The summed E-state index contributed by atoms with van der Waals surface area (Å²) >= 11 is 8.86. The molecule has 2 N–H and O–H groups in total. The fourth-order valence-electron chi connectivity index (χ4n) is 2.29. The molecule has 0 aliphatic rings.